The Kier molecular flexibility index (Phi) is 5.34. The summed E-state index contributed by atoms with van der Waals surface area (Å²) in [5.74, 6) is 3.50. The van der Waals surface area contributed by atoms with Crippen molar-refractivity contribution in [2.45, 2.75) is 13.0 Å². The highest BCUT2D eigenvalue weighted by Gasteiger charge is 2.27. The normalized spacial score (nSPS) is 18.4. The Labute approximate surface area is 198 Å². The molecule has 0 N–H and O–H groups in total. The van der Waals surface area contributed by atoms with E-state index in [-0.39, 0.29) is 6.10 Å². The first-order chi connectivity index (χ1) is 16.7. The molecule has 0 unspecified atom stereocenters. The summed E-state index contributed by atoms with van der Waals surface area (Å²) in [5.41, 5.74) is 2.93. The standard InChI is InChI=1S/C27H28N4O3/c1-18-3-6-22-24(28-18)8-9-25-27(22)34-21(17-33-25)16-30-11-13-31(14-12-30)26-10-4-19-15-20(32-2)5-7-23(19)29-26/h3-10,15,21H,11-14,16-17H2,1-2H3/t21-/m0/s1. The van der Waals surface area contributed by atoms with Crippen LogP contribution >= 0.6 is 0 Å². The third-order valence-electron chi connectivity index (χ3n) is 6.67. The lowest BCUT2D eigenvalue weighted by Gasteiger charge is -2.38. The van der Waals surface area contributed by atoms with Gasteiger partial charge in [-0.1, -0.05) is 0 Å². The van der Waals surface area contributed by atoms with Crippen molar-refractivity contribution in [2.75, 3.05) is 51.3 Å². The van der Waals surface area contributed by atoms with Crippen LogP contribution in [0.4, 0.5) is 5.82 Å². The first kappa shape index (κ1) is 21.0. The Morgan fingerprint density at radius 3 is 2.65 bits per heavy atom. The highest BCUT2D eigenvalue weighted by Crippen LogP contribution is 2.38. The van der Waals surface area contributed by atoms with Gasteiger partial charge in [0.2, 0.25) is 0 Å². The van der Waals surface area contributed by atoms with Crippen LogP contribution in [-0.4, -0.2) is 67.4 Å². The summed E-state index contributed by atoms with van der Waals surface area (Å²) in [5, 5.41) is 2.10. The van der Waals surface area contributed by atoms with Gasteiger partial charge in [0.25, 0.3) is 0 Å². The fourth-order valence-electron chi connectivity index (χ4n) is 4.81. The maximum absolute atomic E-state index is 6.42. The second-order valence-electron chi connectivity index (χ2n) is 8.98. The Bertz CT molecular complexity index is 1350. The van der Waals surface area contributed by atoms with Gasteiger partial charge in [-0.25, -0.2) is 4.98 Å². The van der Waals surface area contributed by atoms with Crippen LogP contribution in [0.25, 0.3) is 21.8 Å². The Morgan fingerprint density at radius 2 is 1.79 bits per heavy atom. The van der Waals surface area contributed by atoms with E-state index in [1.165, 1.54) is 0 Å². The van der Waals surface area contributed by atoms with Gasteiger partial charge in [0.1, 0.15) is 24.3 Å². The van der Waals surface area contributed by atoms with Crippen LogP contribution in [0, 0.1) is 6.92 Å². The monoisotopic (exact) mass is 456 g/mol. The number of fused-ring (bicyclic) bond motifs is 4. The second-order valence-corrected chi connectivity index (χ2v) is 8.98. The van der Waals surface area contributed by atoms with Gasteiger partial charge in [0, 0.05) is 49.2 Å². The van der Waals surface area contributed by atoms with Crippen LogP contribution in [0.3, 0.4) is 0 Å². The molecule has 0 saturated carbocycles. The number of benzene rings is 2. The van der Waals surface area contributed by atoms with E-state index in [1.54, 1.807) is 7.11 Å². The summed E-state index contributed by atoms with van der Waals surface area (Å²) >= 11 is 0. The maximum Gasteiger partial charge on any atom is 0.171 e. The molecule has 1 fully saturated rings. The number of aromatic nitrogens is 2. The number of aryl methyl sites for hydroxylation is 1. The Hall–Kier alpha value is -3.58. The van der Waals surface area contributed by atoms with Crippen molar-refractivity contribution >= 4 is 27.6 Å². The minimum Gasteiger partial charge on any atom is -0.497 e. The number of ether oxygens (including phenoxy) is 3. The Balaban J connectivity index is 1.10. The van der Waals surface area contributed by atoms with Crippen LogP contribution in [0.1, 0.15) is 5.69 Å². The van der Waals surface area contributed by atoms with E-state index in [0.717, 1.165) is 83.3 Å². The molecular weight excluding hydrogens is 428 g/mol. The zero-order valence-electron chi connectivity index (χ0n) is 19.5. The van der Waals surface area contributed by atoms with E-state index in [0.29, 0.717) is 6.61 Å². The third kappa shape index (κ3) is 3.96. The number of piperazine rings is 1. The van der Waals surface area contributed by atoms with Gasteiger partial charge >= 0.3 is 0 Å². The average Bonchev–Trinajstić information content (AvgIpc) is 2.88. The fraction of sp³-hybridized carbons (Fsp3) is 0.333. The molecule has 2 aliphatic heterocycles. The van der Waals surface area contributed by atoms with E-state index in [9.17, 15) is 0 Å². The number of anilines is 1. The first-order valence-electron chi connectivity index (χ1n) is 11.8. The van der Waals surface area contributed by atoms with Crippen molar-refractivity contribution in [1.29, 1.82) is 0 Å². The lowest BCUT2D eigenvalue weighted by atomic mass is 10.1. The number of nitrogens with zero attached hydrogens (tertiary/aromatic N) is 4. The number of rotatable bonds is 4. The van der Waals surface area contributed by atoms with E-state index < -0.39 is 0 Å². The van der Waals surface area contributed by atoms with Crippen molar-refractivity contribution in [3.63, 3.8) is 0 Å². The summed E-state index contributed by atoms with van der Waals surface area (Å²) in [6.07, 6.45) is -0.000252. The van der Waals surface area contributed by atoms with Crippen molar-refractivity contribution in [3.8, 4) is 17.2 Å². The highest BCUT2D eigenvalue weighted by molar-refractivity contribution is 5.88. The van der Waals surface area contributed by atoms with Crippen LogP contribution < -0.4 is 19.1 Å². The molecule has 2 aliphatic rings. The van der Waals surface area contributed by atoms with E-state index >= 15 is 0 Å². The second kappa shape index (κ2) is 8.65. The van der Waals surface area contributed by atoms with Gasteiger partial charge in [-0.2, -0.15) is 0 Å². The molecule has 34 heavy (non-hydrogen) atoms. The summed E-state index contributed by atoms with van der Waals surface area (Å²) in [7, 11) is 1.69. The van der Waals surface area contributed by atoms with Crippen molar-refractivity contribution in [2.24, 2.45) is 0 Å². The van der Waals surface area contributed by atoms with Gasteiger partial charge in [0.15, 0.2) is 11.5 Å². The van der Waals surface area contributed by atoms with Crippen molar-refractivity contribution in [3.05, 3.63) is 60.3 Å². The van der Waals surface area contributed by atoms with Crippen molar-refractivity contribution < 1.29 is 14.2 Å². The molecule has 4 heterocycles. The predicted octanol–water partition coefficient (Wildman–Crippen LogP) is 4.06. The third-order valence-corrected chi connectivity index (χ3v) is 6.67. The molecule has 0 spiro atoms. The highest BCUT2D eigenvalue weighted by atomic mass is 16.6. The molecule has 6 rings (SSSR count). The smallest absolute Gasteiger partial charge is 0.171 e. The molecule has 1 atom stereocenters. The number of pyridine rings is 2. The molecule has 0 amide bonds. The molecule has 0 aliphatic carbocycles. The first-order valence-corrected chi connectivity index (χ1v) is 11.8. The number of methoxy groups -OCH3 is 1. The minimum absolute atomic E-state index is 0.000252. The molecule has 0 radical (unpaired) electrons. The van der Waals surface area contributed by atoms with Crippen molar-refractivity contribution in [1.82, 2.24) is 14.9 Å². The Morgan fingerprint density at radius 1 is 0.941 bits per heavy atom. The SMILES string of the molecule is COc1ccc2nc(N3CCN(C[C@H]4COc5ccc6nc(C)ccc6c5O4)CC3)ccc2c1. The van der Waals surface area contributed by atoms with Crippen LogP contribution in [0.2, 0.25) is 0 Å². The minimum atomic E-state index is -0.000252. The van der Waals surface area contributed by atoms with Crippen LogP contribution in [0.15, 0.2) is 54.6 Å². The van der Waals surface area contributed by atoms with Gasteiger partial charge in [-0.15, -0.1) is 0 Å². The van der Waals surface area contributed by atoms with Gasteiger partial charge in [-0.05, 0) is 61.5 Å². The topological polar surface area (TPSA) is 60.0 Å². The lowest BCUT2D eigenvalue weighted by Crippen LogP contribution is -2.50. The average molecular weight is 457 g/mol. The molecule has 7 heteroatoms. The molecule has 2 aromatic heterocycles. The summed E-state index contributed by atoms with van der Waals surface area (Å²) in [4.78, 5) is 14.3. The lowest BCUT2D eigenvalue weighted by molar-refractivity contribution is 0.0587. The zero-order chi connectivity index (χ0) is 23.1. The summed E-state index contributed by atoms with van der Waals surface area (Å²) in [6, 6.07) is 18.3. The molecular formula is C27H28N4O3. The fourth-order valence-corrected chi connectivity index (χ4v) is 4.81. The number of hydrogen-bond acceptors (Lipinski definition) is 7. The predicted molar refractivity (Wildman–Crippen MR) is 133 cm³/mol. The van der Waals surface area contributed by atoms with Crippen LogP contribution in [-0.2, 0) is 0 Å². The molecule has 1 saturated heterocycles. The number of hydrogen-bond donors (Lipinski definition) is 0. The maximum atomic E-state index is 6.42. The zero-order valence-corrected chi connectivity index (χ0v) is 19.5. The molecule has 7 nitrogen and oxygen atoms in total. The quantitative estimate of drug-likeness (QED) is 0.459. The van der Waals surface area contributed by atoms with Gasteiger partial charge < -0.3 is 19.1 Å². The molecule has 4 aromatic rings. The van der Waals surface area contributed by atoms with Crippen LogP contribution in [0.5, 0.6) is 17.2 Å². The van der Waals surface area contributed by atoms with E-state index in [4.69, 9.17) is 19.2 Å². The largest absolute Gasteiger partial charge is 0.497 e. The van der Waals surface area contributed by atoms with E-state index in [2.05, 4.69) is 33.0 Å². The molecule has 0 bridgehead atoms. The van der Waals surface area contributed by atoms with Gasteiger partial charge in [-0.3, -0.25) is 9.88 Å². The molecule has 2 aromatic carbocycles. The summed E-state index contributed by atoms with van der Waals surface area (Å²) in [6.45, 7) is 7.21. The van der Waals surface area contributed by atoms with Gasteiger partial charge in [0.05, 0.1) is 18.1 Å². The van der Waals surface area contributed by atoms with E-state index in [1.807, 2.05) is 43.3 Å². The summed E-state index contributed by atoms with van der Waals surface area (Å²) < 4.78 is 17.8. The molecule has 174 valence electrons.